The number of rotatable bonds is 6. The highest BCUT2D eigenvalue weighted by Crippen LogP contribution is 2.19. The van der Waals surface area contributed by atoms with E-state index in [9.17, 15) is 14.0 Å². The summed E-state index contributed by atoms with van der Waals surface area (Å²) in [4.78, 5) is 26.2. The van der Waals surface area contributed by atoms with Gasteiger partial charge in [0.25, 0.3) is 0 Å². The summed E-state index contributed by atoms with van der Waals surface area (Å²) in [7, 11) is 0. The predicted octanol–water partition coefficient (Wildman–Crippen LogP) is 2.12. The zero-order chi connectivity index (χ0) is 18.4. The van der Waals surface area contributed by atoms with Crippen LogP contribution in [0, 0.1) is 18.7 Å². The molecule has 1 unspecified atom stereocenters. The third-order valence-electron chi connectivity index (χ3n) is 4.73. The van der Waals surface area contributed by atoms with Crippen LogP contribution < -0.4 is 11.1 Å². The molecule has 1 atom stereocenters. The fraction of sp³-hybridized carbons (Fsp3) is 0.579. The molecule has 2 amide bonds. The summed E-state index contributed by atoms with van der Waals surface area (Å²) in [6, 6.07) is 5.01. The smallest absolute Gasteiger partial charge is 0.223 e. The second kappa shape index (κ2) is 8.94. The minimum atomic E-state index is -0.259. The van der Waals surface area contributed by atoms with Gasteiger partial charge in [-0.25, -0.2) is 4.39 Å². The number of benzene rings is 1. The van der Waals surface area contributed by atoms with Crippen LogP contribution >= 0.6 is 0 Å². The third kappa shape index (κ3) is 5.81. The number of nitrogens with two attached hydrogens (primary N) is 1. The van der Waals surface area contributed by atoms with E-state index in [1.54, 1.807) is 13.0 Å². The second-order valence-corrected chi connectivity index (χ2v) is 6.97. The Morgan fingerprint density at radius 2 is 2.04 bits per heavy atom. The molecule has 3 N–H and O–H groups in total. The lowest BCUT2D eigenvalue weighted by atomic mass is 9.95. The molecule has 2 rings (SSSR count). The lowest BCUT2D eigenvalue weighted by molar-refractivity contribution is -0.135. The third-order valence-corrected chi connectivity index (χ3v) is 4.73. The van der Waals surface area contributed by atoms with Gasteiger partial charge in [0, 0.05) is 38.0 Å². The molecule has 1 saturated heterocycles. The van der Waals surface area contributed by atoms with Crippen LogP contribution in [0.3, 0.4) is 0 Å². The Morgan fingerprint density at radius 3 is 2.64 bits per heavy atom. The van der Waals surface area contributed by atoms with Gasteiger partial charge in [0.1, 0.15) is 5.82 Å². The lowest BCUT2D eigenvalue weighted by Gasteiger charge is -2.31. The molecule has 0 spiro atoms. The molecule has 6 heteroatoms. The predicted molar refractivity (Wildman–Crippen MR) is 95.2 cm³/mol. The molecule has 0 saturated carbocycles. The van der Waals surface area contributed by atoms with Crippen molar-refractivity contribution < 1.29 is 14.0 Å². The van der Waals surface area contributed by atoms with Crippen molar-refractivity contribution in [2.45, 2.75) is 52.1 Å². The average molecular weight is 349 g/mol. The molecule has 0 radical (unpaired) electrons. The Morgan fingerprint density at radius 1 is 1.36 bits per heavy atom. The highest BCUT2D eigenvalue weighted by Gasteiger charge is 2.27. The summed E-state index contributed by atoms with van der Waals surface area (Å²) in [6.45, 7) is 5.14. The van der Waals surface area contributed by atoms with Crippen molar-refractivity contribution in [1.29, 1.82) is 0 Å². The summed E-state index contributed by atoms with van der Waals surface area (Å²) in [5.74, 6) is -0.256. The molecule has 25 heavy (non-hydrogen) atoms. The highest BCUT2D eigenvalue weighted by atomic mass is 19.1. The zero-order valence-electron chi connectivity index (χ0n) is 15.1. The average Bonchev–Trinajstić information content (AvgIpc) is 2.60. The first kappa shape index (κ1) is 19.4. The van der Waals surface area contributed by atoms with Gasteiger partial charge in [-0.15, -0.1) is 0 Å². The van der Waals surface area contributed by atoms with Crippen LogP contribution in [0.1, 0.15) is 43.7 Å². The van der Waals surface area contributed by atoms with Gasteiger partial charge >= 0.3 is 0 Å². The van der Waals surface area contributed by atoms with Crippen molar-refractivity contribution in [3.8, 4) is 0 Å². The summed E-state index contributed by atoms with van der Waals surface area (Å²) in [6.07, 6.45) is 2.48. The van der Waals surface area contributed by atoms with E-state index in [1.807, 2.05) is 17.9 Å². The van der Waals surface area contributed by atoms with Gasteiger partial charge in [-0.3, -0.25) is 9.59 Å². The maximum absolute atomic E-state index is 13.5. The Bertz CT molecular complexity index is 611. The first-order chi connectivity index (χ1) is 11.9. The molecule has 1 aliphatic rings. The molecule has 0 aliphatic carbocycles. The van der Waals surface area contributed by atoms with Crippen LogP contribution in [0.2, 0.25) is 0 Å². The van der Waals surface area contributed by atoms with Crippen LogP contribution in [-0.4, -0.2) is 35.8 Å². The van der Waals surface area contributed by atoms with Crippen LogP contribution in [0.25, 0.3) is 0 Å². The summed E-state index contributed by atoms with van der Waals surface area (Å²) in [5.41, 5.74) is 7.03. The van der Waals surface area contributed by atoms with Gasteiger partial charge in [0.2, 0.25) is 11.8 Å². The van der Waals surface area contributed by atoms with Crippen molar-refractivity contribution in [2.75, 3.05) is 13.1 Å². The quantitative estimate of drug-likeness (QED) is 0.826. The number of carbonyl (C=O) groups excluding carboxylic acids is 2. The SMILES string of the molecule is Cc1ccc(CNC(=O)C2CCN(C(=O)CCC(C)N)CC2)cc1F. The number of hydrogen-bond donors (Lipinski definition) is 2. The molecule has 1 aliphatic heterocycles. The van der Waals surface area contributed by atoms with E-state index in [2.05, 4.69) is 5.32 Å². The maximum atomic E-state index is 13.5. The van der Waals surface area contributed by atoms with Gasteiger partial charge in [-0.05, 0) is 50.3 Å². The van der Waals surface area contributed by atoms with Crippen molar-refractivity contribution >= 4 is 11.8 Å². The molecule has 5 nitrogen and oxygen atoms in total. The van der Waals surface area contributed by atoms with Crippen LogP contribution in [0.4, 0.5) is 4.39 Å². The van der Waals surface area contributed by atoms with Gasteiger partial charge in [-0.2, -0.15) is 0 Å². The molecule has 1 heterocycles. The molecule has 0 aromatic heterocycles. The number of hydrogen-bond acceptors (Lipinski definition) is 3. The fourth-order valence-electron chi connectivity index (χ4n) is 2.98. The summed E-state index contributed by atoms with van der Waals surface area (Å²) < 4.78 is 13.5. The number of amides is 2. The number of halogens is 1. The number of aryl methyl sites for hydroxylation is 1. The van der Waals surface area contributed by atoms with E-state index >= 15 is 0 Å². The van der Waals surface area contributed by atoms with Crippen molar-refractivity contribution in [3.63, 3.8) is 0 Å². The number of likely N-dealkylation sites (tertiary alicyclic amines) is 1. The number of nitrogens with one attached hydrogen (secondary N) is 1. The Balaban J connectivity index is 1.75. The fourth-order valence-corrected chi connectivity index (χ4v) is 2.98. The lowest BCUT2D eigenvalue weighted by Crippen LogP contribution is -2.43. The zero-order valence-corrected chi connectivity index (χ0v) is 15.1. The van der Waals surface area contributed by atoms with Crippen LogP contribution in [-0.2, 0) is 16.1 Å². The molecule has 1 aromatic rings. The normalized spacial score (nSPS) is 16.6. The highest BCUT2D eigenvalue weighted by molar-refractivity contribution is 5.80. The van der Waals surface area contributed by atoms with Crippen molar-refractivity contribution in [3.05, 3.63) is 35.1 Å². The van der Waals surface area contributed by atoms with E-state index in [4.69, 9.17) is 5.73 Å². The van der Waals surface area contributed by atoms with Gasteiger partial charge in [0.15, 0.2) is 0 Å². The number of piperidine rings is 1. The molecular weight excluding hydrogens is 321 g/mol. The largest absolute Gasteiger partial charge is 0.352 e. The van der Waals surface area contributed by atoms with E-state index in [1.165, 1.54) is 6.07 Å². The van der Waals surface area contributed by atoms with Gasteiger partial charge < -0.3 is 16.0 Å². The van der Waals surface area contributed by atoms with Crippen LogP contribution in [0.15, 0.2) is 18.2 Å². The molecular formula is C19H28FN3O2. The van der Waals surface area contributed by atoms with Gasteiger partial charge in [-0.1, -0.05) is 12.1 Å². The Hall–Kier alpha value is -1.95. The standard InChI is InChI=1S/C19H28FN3O2/c1-13-3-5-15(11-17(13)20)12-22-19(25)16-7-9-23(10-8-16)18(24)6-4-14(2)21/h3,5,11,14,16H,4,6-10,12,21H2,1-2H3,(H,22,25). The molecule has 1 fully saturated rings. The Labute approximate surface area is 148 Å². The topological polar surface area (TPSA) is 75.4 Å². The molecule has 1 aromatic carbocycles. The van der Waals surface area contributed by atoms with E-state index in [0.717, 1.165) is 5.56 Å². The maximum Gasteiger partial charge on any atom is 0.223 e. The first-order valence-electron chi connectivity index (χ1n) is 8.93. The minimum absolute atomic E-state index is 0.0244. The first-order valence-corrected chi connectivity index (χ1v) is 8.93. The van der Waals surface area contributed by atoms with Crippen molar-refractivity contribution in [1.82, 2.24) is 10.2 Å². The molecule has 0 bridgehead atoms. The van der Waals surface area contributed by atoms with Crippen molar-refractivity contribution in [2.24, 2.45) is 11.7 Å². The second-order valence-electron chi connectivity index (χ2n) is 6.97. The number of carbonyl (C=O) groups is 2. The minimum Gasteiger partial charge on any atom is -0.352 e. The van der Waals surface area contributed by atoms with Crippen LogP contribution in [0.5, 0.6) is 0 Å². The molecule has 138 valence electrons. The van der Waals surface area contributed by atoms with E-state index in [0.29, 0.717) is 50.9 Å². The van der Waals surface area contributed by atoms with E-state index in [-0.39, 0.29) is 29.6 Å². The summed E-state index contributed by atoms with van der Waals surface area (Å²) >= 11 is 0. The summed E-state index contributed by atoms with van der Waals surface area (Å²) in [5, 5.41) is 2.87. The monoisotopic (exact) mass is 349 g/mol. The number of nitrogens with zero attached hydrogens (tertiary/aromatic N) is 1. The Kier molecular flexibility index (Phi) is 6.93. The van der Waals surface area contributed by atoms with E-state index < -0.39 is 0 Å². The van der Waals surface area contributed by atoms with Gasteiger partial charge in [0.05, 0.1) is 0 Å².